The smallest absolute Gasteiger partial charge is 0.179 e. The highest BCUT2D eigenvalue weighted by atomic mass is 35.5. The number of methoxy groups -OCH3 is 1. The van der Waals surface area contributed by atoms with Crippen LogP contribution in [0, 0.1) is 0 Å². The number of nitrogens with one attached hydrogen (secondary N) is 1. The van der Waals surface area contributed by atoms with Crippen LogP contribution in [0.3, 0.4) is 0 Å². The highest BCUT2D eigenvalue weighted by molar-refractivity contribution is 6.32. The number of hydrogen-bond acceptors (Lipinski definition) is 5. The molecule has 1 saturated heterocycles. The molecule has 3 rings (SSSR count). The van der Waals surface area contributed by atoms with Crippen LogP contribution in [0.1, 0.15) is 18.9 Å². The highest BCUT2D eigenvalue weighted by Crippen LogP contribution is 2.36. The molecular formula is C21H27ClN2O3. The van der Waals surface area contributed by atoms with Gasteiger partial charge in [0.1, 0.15) is 0 Å². The average Bonchev–Trinajstić information content (AvgIpc) is 2.72. The van der Waals surface area contributed by atoms with Crippen molar-refractivity contribution < 1.29 is 14.2 Å². The zero-order valence-electron chi connectivity index (χ0n) is 16.0. The van der Waals surface area contributed by atoms with Crippen LogP contribution in [0.2, 0.25) is 5.02 Å². The van der Waals surface area contributed by atoms with E-state index in [0.717, 1.165) is 44.0 Å². The van der Waals surface area contributed by atoms with Crippen LogP contribution >= 0.6 is 11.6 Å². The molecule has 1 N–H and O–H groups in total. The summed E-state index contributed by atoms with van der Waals surface area (Å²) in [4.78, 5) is 2.34. The van der Waals surface area contributed by atoms with Gasteiger partial charge in [-0.3, -0.25) is 0 Å². The van der Waals surface area contributed by atoms with Gasteiger partial charge < -0.3 is 24.4 Å². The zero-order chi connectivity index (χ0) is 19.1. The lowest BCUT2D eigenvalue weighted by Gasteiger charge is -2.29. The van der Waals surface area contributed by atoms with E-state index in [4.69, 9.17) is 25.8 Å². The van der Waals surface area contributed by atoms with Gasteiger partial charge in [-0.05, 0) is 48.4 Å². The third-order valence-corrected chi connectivity index (χ3v) is 4.76. The van der Waals surface area contributed by atoms with Crippen LogP contribution in [0.15, 0.2) is 36.4 Å². The number of morpholine rings is 1. The molecule has 27 heavy (non-hydrogen) atoms. The van der Waals surface area contributed by atoms with E-state index in [1.54, 1.807) is 7.11 Å². The van der Waals surface area contributed by atoms with Gasteiger partial charge in [0, 0.05) is 31.0 Å². The van der Waals surface area contributed by atoms with Crippen LogP contribution in [0.25, 0.3) is 0 Å². The molecular weight excluding hydrogens is 364 g/mol. The van der Waals surface area contributed by atoms with Crippen LogP contribution in [0.4, 0.5) is 11.4 Å². The summed E-state index contributed by atoms with van der Waals surface area (Å²) in [6.07, 6.45) is 0.920. The van der Waals surface area contributed by atoms with Gasteiger partial charge in [0.2, 0.25) is 0 Å². The van der Waals surface area contributed by atoms with E-state index in [1.165, 1.54) is 5.69 Å². The molecule has 0 atom stereocenters. The molecule has 0 amide bonds. The third-order valence-electron chi connectivity index (χ3n) is 4.48. The molecule has 0 unspecified atom stereocenters. The number of rotatable bonds is 8. The molecule has 6 heteroatoms. The Morgan fingerprint density at radius 1 is 1.15 bits per heavy atom. The SMILES string of the molecule is CCCOc1c(Cl)cc(CNc2ccc(N3CCOCC3)cc2)cc1OC. The van der Waals surface area contributed by atoms with Crippen molar-refractivity contribution in [1.29, 1.82) is 0 Å². The maximum absolute atomic E-state index is 6.39. The van der Waals surface area contributed by atoms with Crippen LogP contribution in [0.5, 0.6) is 11.5 Å². The Balaban J connectivity index is 1.63. The van der Waals surface area contributed by atoms with Crippen LogP contribution in [-0.4, -0.2) is 40.0 Å². The number of ether oxygens (including phenoxy) is 3. The summed E-state index contributed by atoms with van der Waals surface area (Å²) in [5.74, 6) is 1.27. The summed E-state index contributed by atoms with van der Waals surface area (Å²) in [5, 5.41) is 4.01. The van der Waals surface area contributed by atoms with Crippen LogP contribution < -0.4 is 19.7 Å². The molecule has 2 aromatic rings. The number of halogens is 1. The van der Waals surface area contributed by atoms with Gasteiger partial charge in [0.25, 0.3) is 0 Å². The second-order valence-corrected chi connectivity index (χ2v) is 6.86. The van der Waals surface area contributed by atoms with Gasteiger partial charge in [-0.25, -0.2) is 0 Å². The first-order chi connectivity index (χ1) is 13.2. The van der Waals surface area contributed by atoms with Crippen molar-refractivity contribution in [3.8, 4) is 11.5 Å². The van der Waals surface area contributed by atoms with Crippen molar-refractivity contribution in [1.82, 2.24) is 0 Å². The maximum Gasteiger partial charge on any atom is 0.179 e. The van der Waals surface area contributed by atoms with Gasteiger partial charge >= 0.3 is 0 Å². The molecule has 1 aliphatic rings. The second-order valence-electron chi connectivity index (χ2n) is 6.46. The predicted octanol–water partition coefficient (Wildman–Crippen LogP) is 4.59. The molecule has 1 aliphatic heterocycles. The minimum Gasteiger partial charge on any atom is -0.493 e. The summed E-state index contributed by atoms with van der Waals surface area (Å²) in [5.41, 5.74) is 3.33. The van der Waals surface area contributed by atoms with E-state index < -0.39 is 0 Å². The number of benzene rings is 2. The van der Waals surface area contributed by atoms with E-state index in [0.29, 0.717) is 29.7 Å². The first-order valence-electron chi connectivity index (χ1n) is 9.37. The van der Waals surface area contributed by atoms with Crippen LogP contribution in [-0.2, 0) is 11.3 Å². The van der Waals surface area contributed by atoms with E-state index in [2.05, 4.69) is 41.4 Å². The predicted molar refractivity (Wildman–Crippen MR) is 111 cm³/mol. The van der Waals surface area contributed by atoms with Crippen molar-refractivity contribution in [2.45, 2.75) is 19.9 Å². The molecule has 0 bridgehead atoms. The number of anilines is 2. The molecule has 0 aromatic heterocycles. The lowest BCUT2D eigenvalue weighted by molar-refractivity contribution is 0.122. The van der Waals surface area contributed by atoms with Crippen molar-refractivity contribution in [3.63, 3.8) is 0 Å². The summed E-state index contributed by atoms with van der Waals surface area (Å²) in [6.45, 7) is 6.80. The van der Waals surface area contributed by atoms with Gasteiger partial charge in [-0.1, -0.05) is 18.5 Å². The van der Waals surface area contributed by atoms with Crippen molar-refractivity contribution >= 4 is 23.0 Å². The summed E-state index contributed by atoms with van der Waals surface area (Å²) < 4.78 is 16.6. The van der Waals surface area contributed by atoms with Gasteiger partial charge in [0.15, 0.2) is 11.5 Å². The molecule has 1 fully saturated rings. The standard InChI is InChI=1S/C21H27ClN2O3/c1-3-10-27-21-19(22)13-16(14-20(21)25-2)15-23-17-4-6-18(7-5-17)24-8-11-26-12-9-24/h4-7,13-14,23H,3,8-12,15H2,1-2H3. The molecule has 5 nitrogen and oxygen atoms in total. The highest BCUT2D eigenvalue weighted by Gasteiger charge is 2.13. The summed E-state index contributed by atoms with van der Waals surface area (Å²) in [7, 11) is 1.63. The van der Waals surface area contributed by atoms with Gasteiger partial charge in [-0.2, -0.15) is 0 Å². The Morgan fingerprint density at radius 3 is 2.56 bits per heavy atom. The molecule has 0 aliphatic carbocycles. The molecule has 0 spiro atoms. The first kappa shape index (κ1) is 19.6. The normalized spacial score (nSPS) is 14.1. The van der Waals surface area contributed by atoms with E-state index in [9.17, 15) is 0 Å². The molecule has 0 radical (unpaired) electrons. The summed E-state index contributed by atoms with van der Waals surface area (Å²) >= 11 is 6.39. The fourth-order valence-electron chi connectivity index (χ4n) is 3.04. The largest absolute Gasteiger partial charge is 0.493 e. The Bertz CT molecular complexity index is 731. The van der Waals surface area contributed by atoms with Crippen molar-refractivity contribution in [2.24, 2.45) is 0 Å². The fraction of sp³-hybridized carbons (Fsp3) is 0.429. The lowest BCUT2D eigenvalue weighted by atomic mass is 10.2. The molecule has 146 valence electrons. The van der Waals surface area contributed by atoms with E-state index >= 15 is 0 Å². The first-order valence-corrected chi connectivity index (χ1v) is 9.75. The summed E-state index contributed by atoms with van der Waals surface area (Å²) in [6, 6.07) is 12.4. The van der Waals surface area contributed by atoms with Gasteiger partial charge in [0.05, 0.1) is 32.0 Å². The minimum absolute atomic E-state index is 0.572. The topological polar surface area (TPSA) is 43.0 Å². The molecule has 1 heterocycles. The monoisotopic (exact) mass is 390 g/mol. The third kappa shape index (κ3) is 5.21. The quantitative estimate of drug-likeness (QED) is 0.714. The van der Waals surface area contributed by atoms with E-state index in [-0.39, 0.29) is 0 Å². The minimum atomic E-state index is 0.572. The Labute approximate surface area is 166 Å². The second kappa shape index (κ2) is 9.72. The number of hydrogen-bond donors (Lipinski definition) is 1. The zero-order valence-corrected chi connectivity index (χ0v) is 16.7. The van der Waals surface area contributed by atoms with E-state index in [1.807, 2.05) is 12.1 Å². The average molecular weight is 391 g/mol. The molecule has 2 aromatic carbocycles. The fourth-order valence-corrected chi connectivity index (χ4v) is 3.32. The van der Waals surface area contributed by atoms with Gasteiger partial charge in [-0.15, -0.1) is 0 Å². The van der Waals surface area contributed by atoms with Crippen molar-refractivity contribution in [2.75, 3.05) is 50.2 Å². The maximum atomic E-state index is 6.39. The lowest BCUT2D eigenvalue weighted by Crippen LogP contribution is -2.36. The number of nitrogens with zero attached hydrogens (tertiary/aromatic N) is 1. The van der Waals surface area contributed by atoms with Crippen molar-refractivity contribution in [3.05, 3.63) is 47.0 Å². The Kier molecular flexibility index (Phi) is 7.07. The molecule has 0 saturated carbocycles. The Morgan fingerprint density at radius 2 is 1.89 bits per heavy atom. The Hall–Kier alpha value is -2.11.